The van der Waals surface area contributed by atoms with E-state index in [-0.39, 0.29) is 91.0 Å². The van der Waals surface area contributed by atoms with E-state index >= 15 is 0 Å². The number of carbonyl (C=O) groups is 6. The minimum absolute atomic E-state index is 0. The van der Waals surface area contributed by atoms with Gasteiger partial charge >= 0.3 is 0 Å². The Kier molecular flexibility index (Phi) is 13.6. The van der Waals surface area contributed by atoms with Gasteiger partial charge in [-0.2, -0.15) is 0 Å². The molecule has 2 aromatic carbocycles. The number of hydrogen-bond acceptors (Lipinski definition) is 13. The van der Waals surface area contributed by atoms with Crippen molar-refractivity contribution >= 4 is 80.9 Å². The summed E-state index contributed by atoms with van der Waals surface area (Å²) in [4.78, 5) is 95.2. The van der Waals surface area contributed by atoms with Gasteiger partial charge in [-0.25, -0.2) is 19.9 Å². The molecular weight excluding hydrogens is 820 g/mol. The standard InChI is InChI=1S/C26H29N5O5.C17H15N5O3.ClH/c1-26(2,3)10-17(32)5-7-21(34)31-19-12-27-23-22(19)29-14-30-24(23)25(35)28-11-15-4-6-20-16(8-15)9-18(33)13-36-20;18-12-6-19-15-14(12)21-8-22-16(15)17(24)20-5-9-1-2-13-10(3-9)4-11(23)7-25-13;/h4,6,8,12,14,27H,5,7,9-11,13H2,1-3H3,(H,28,35)(H,31,34);1-3,6,8,19H,4-5,7,18H2,(H,20,24);1H. The van der Waals surface area contributed by atoms with E-state index in [2.05, 4.69) is 45.9 Å². The van der Waals surface area contributed by atoms with Crippen LogP contribution in [0.5, 0.6) is 11.5 Å². The van der Waals surface area contributed by atoms with Gasteiger partial charge in [0.2, 0.25) is 5.91 Å². The molecule has 0 saturated heterocycles. The van der Waals surface area contributed by atoms with E-state index in [1.54, 1.807) is 18.5 Å². The molecule has 2 aliphatic rings. The number of carbonyl (C=O) groups excluding carboxylic acids is 6. The first-order valence-electron chi connectivity index (χ1n) is 19.5. The molecule has 0 saturated carbocycles. The first kappa shape index (κ1) is 44.3. The summed E-state index contributed by atoms with van der Waals surface area (Å²) < 4.78 is 10.8. The van der Waals surface area contributed by atoms with Gasteiger partial charge in [0, 0.05) is 68.7 Å². The number of ketones is 3. The number of aromatic nitrogens is 6. The molecule has 0 spiro atoms. The molecule has 18 nitrogen and oxygen atoms in total. The highest BCUT2D eigenvalue weighted by Gasteiger charge is 2.22. The van der Waals surface area contributed by atoms with E-state index in [0.29, 0.717) is 70.7 Å². The Morgan fingerprint density at radius 1 is 0.726 bits per heavy atom. The van der Waals surface area contributed by atoms with Crippen molar-refractivity contribution in [2.24, 2.45) is 5.41 Å². The number of amides is 3. The molecule has 322 valence electrons. The van der Waals surface area contributed by atoms with E-state index in [9.17, 15) is 28.8 Å². The lowest BCUT2D eigenvalue weighted by molar-refractivity contribution is -0.124. The summed E-state index contributed by atoms with van der Waals surface area (Å²) >= 11 is 0. The summed E-state index contributed by atoms with van der Waals surface area (Å²) in [5.74, 6) is 0.433. The van der Waals surface area contributed by atoms with Crippen molar-refractivity contribution in [3.05, 3.63) is 95.1 Å². The molecule has 7 N–H and O–H groups in total. The monoisotopic (exact) mass is 864 g/mol. The largest absolute Gasteiger partial charge is 0.486 e. The Bertz CT molecular complexity index is 2700. The number of halogens is 1. The highest BCUT2D eigenvalue weighted by Crippen LogP contribution is 2.27. The predicted octanol–water partition coefficient (Wildman–Crippen LogP) is 4.51. The molecule has 8 rings (SSSR count). The minimum atomic E-state index is -0.417. The third-order valence-corrected chi connectivity index (χ3v) is 9.73. The van der Waals surface area contributed by atoms with Gasteiger partial charge in [0.25, 0.3) is 11.8 Å². The van der Waals surface area contributed by atoms with E-state index in [4.69, 9.17) is 15.2 Å². The van der Waals surface area contributed by atoms with Crippen LogP contribution in [-0.2, 0) is 45.1 Å². The average molecular weight is 865 g/mol. The zero-order chi connectivity index (χ0) is 43.3. The first-order valence-corrected chi connectivity index (χ1v) is 19.5. The molecule has 3 amide bonds. The van der Waals surface area contributed by atoms with Gasteiger partial charge in [-0.15, -0.1) is 12.4 Å². The minimum Gasteiger partial charge on any atom is -0.486 e. The molecule has 62 heavy (non-hydrogen) atoms. The second kappa shape index (κ2) is 19.0. The SMILES string of the molecule is CC(C)(C)CC(=O)CCC(=O)Nc1c[nH]c2c(C(=O)NCc3ccc4c(c3)CC(=O)CO4)ncnc12.Cl.Nc1c[nH]c2c(C(=O)NCc3ccc4c(c3)CC(=O)CO4)ncnc12. The molecule has 2 aliphatic heterocycles. The summed E-state index contributed by atoms with van der Waals surface area (Å²) in [6.45, 7) is 6.69. The van der Waals surface area contributed by atoms with Crippen molar-refractivity contribution in [3.8, 4) is 11.5 Å². The fraction of sp³-hybridized carbons (Fsp3) is 0.302. The summed E-state index contributed by atoms with van der Waals surface area (Å²) in [5.41, 5.74) is 12.1. The number of hydrogen-bond donors (Lipinski definition) is 6. The van der Waals surface area contributed by atoms with Gasteiger partial charge in [-0.05, 0) is 40.8 Å². The van der Waals surface area contributed by atoms with Crippen molar-refractivity contribution in [2.45, 2.75) is 66.0 Å². The third kappa shape index (κ3) is 10.7. The molecule has 0 atom stereocenters. The number of nitrogens with two attached hydrogens (primary N) is 1. The lowest BCUT2D eigenvalue weighted by Crippen LogP contribution is -2.25. The molecule has 4 aromatic heterocycles. The number of ether oxygens (including phenoxy) is 2. The number of Topliss-reactive ketones (excluding diaryl/α,β-unsaturated/α-hetero) is 3. The topological polar surface area (TPSA) is 266 Å². The van der Waals surface area contributed by atoms with Crippen molar-refractivity contribution in [1.82, 2.24) is 40.5 Å². The Morgan fingerprint density at radius 3 is 1.79 bits per heavy atom. The van der Waals surface area contributed by atoms with Gasteiger partial charge in [-0.3, -0.25) is 28.8 Å². The van der Waals surface area contributed by atoms with Crippen molar-refractivity contribution in [3.63, 3.8) is 0 Å². The number of rotatable bonds is 11. The van der Waals surface area contributed by atoms with Crippen molar-refractivity contribution < 1.29 is 38.2 Å². The number of aromatic amines is 2. The van der Waals surface area contributed by atoms with E-state index in [0.717, 1.165) is 22.3 Å². The summed E-state index contributed by atoms with van der Waals surface area (Å²) in [6.07, 6.45) is 7.00. The maximum absolute atomic E-state index is 12.9. The molecule has 0 fully saturated rings. The fourth-order valence-corrected chi connectivity index (χ4v) is 6.90. The number of fused-ring (bicyclic) bond motifs is 4. The summed E-state index contributed by atoms with van der Waals surface area (Å²) in [6, 6.07) is 11.0. The Hall–Kier alpha value is -7.21. The molecule has 0 unspecified atom stereocenters. The van der Waals surface area contributed by atoms with Gasteiger partial charge in [-0.1, -0.05) is 32.9 Å². The average Bonchev–Trinajstić information content (AvgIpc) is 3.83. The van der Waals surface area contributed by atoms with Crippen LogP contribution in [0.15, 0.2) is 61.4 Å². The maximum atomic E-state index is 12.9. The van der Waals surface area contributed by atoms with Crippen LogP contribution >= 0.6 is 12.4 Å². The number of nitrogens with one attached hydrogen (secondary N) is 5. The Labute approximate surface area is 361 Å². The van der Waals surface area contributed by atoms with Gasteiger partial charge in [0.05, 0.1) is 22.4 Å². The second-order valence-corrected chi connectivity index (χ2v) is 15.9. The zero-order valence-electron chi connectivity index (χ0n) is 34.2. The van der Waals surface area contributed by atoms with Crippen LogP contribution in [-0.4, -0.2) is 78.2 Å². The number of anilines is 2. The zero-order valence-corrected chi connectivity index (χ0v) is 35.0. The van der Waals surface area contributed by atoms with Crippen LogP contribution in [0.2, 0.25) is 0 Å². The molecule has 6 heterocycles. The smallest absolute Gasteiger partial charge is 0.272 e. The maximum Gasteiger partial charge on any atom is 0.272 e. The van der Waals surface area contributed by atoms with Crippen LogP contribution in [0.25, 0.3) is 22.1 Å². The highest BCUT2D eigenvalue weighted by molar-refractivity contribution is 6.08. The Morgan fingerprint density at radius 2 is 1.24 bits per heavy atom. The summed E-state index contributed by atoms with van der Waals surface area (Å²) in [5, 5.41) is 8.40. The number of nitrogens with zero attached hydrogens (tertiary/aromatic N) is 4. The molecular formula is C43H45ClN10O8. The van der Waals surface area contributed by atoms with Gasteiger partial charge in [0.1, 0.15) is 54.2 Å². The van der Waals surface area contributed by atoms with Crippen LogP contribution in [0, 0.1) is 5.41 Å². The van der Waals surface area contributed by atoms with Crippen molar-refractivity contribution in [2.75, 3.05) is 24.3 Å². The van der Waals surface area contributed by atoms with Crippen LogP contribution in [0.1, 0.15) is 83.3 Å². The third-order valence-electron chi connectivity index (χ3n) is 9.73. The molecule has 0 bridgehead atoms. The Balaban J connectivity index is 0.000000216. The fourth-order valence-electron chi connectivity index (χ4n) is 6.90. The van der Waals surface area contributed by atoms with E-state index in [1.807, 2.05) is 51.1 Å². The molecule has 0 radical (unpaired) electrons. The van der Waals surface area contributed by atoms with Gasteiger partial charge < -0.3 is 41.1 Å². The number of benzene rings is 2. The van der Waals surface area contributed by atoms with Crippen LogP contribution in [0.4, 0.5) is 11.4 Å². The first-order chi connectivity index (χ1) is 29.2. The van der Waals surface area contributed by atoms with E-state index in [1.165, 1.54) is 12.7 Å². The lowest BCUT2D eigenvalue weighted by atomic mass is 9.89. The predicted molar refractivity (Wildman–Crippen MR) is 230 cm³/mol. The van der Waals surface area contributed by atoms with Crippen LogP contribution in [0.3, 0.4) is 0 Å². The van der Waals surface area contributed by atoms with Crippen LogP contribution < -0.4 is 31.2 Å². The highest BCUT2D eigenvalue weighted by atomic mass is 35.5. The lowest BCUT2D eigenvalue weighted by Gasteiger charge is -2.17. The molecule has 19 heteroatoms. The molecule has 6 aromatic rings. The second-order valence-electron chi connectivity index (χ2n) is 15.9. The van der Waals surface area contributed by atoms with Gasteiger partial charge in [0.15, 0.2) is 23.0 Å². The number of H-pyrrole nitrogens is 2. The molecule has 0 aliphatic carbocycles. The summed E-state index contributed by atoms with van der Waals surface area (Å²) in [7, 11) is 0. The number of nitrogen functional groups attached to an aromatic ring is 1. The normalized spacial score (nSPS) is 13.0. The van der Waals surface area contributed by atoms with Crippen molar-refractivity contribution in [1.29, 1.82) is 0 Å². The quantitative estimate of drug-likeness (QED) is 0.105. The van der Waals surface area contributed by atoms with E-state index < -0.39 is 5.91 Å².